The highest BCUT2D eigenvalue weighted by Gasteiger charge is 2.22. The highest BCUT2D eigenvalue weighted by molar-refractivity contribution is 14.0. The number of nitrogens with one attached hydrogen (secondary N) is 3. The van der Waals surface area contributed by atoms with Gasteiger partial charge in [0.05, 0.1) is 13.1 Å². The Labute approximate surface area is 204 Å². The number of aliphatic imine (C=N–C) groups is 1. The van der Waals surface area contributed by atoms with E-state index in [1.54, 1.807) is 17.0 Å². The van der Waals surface area contributed by atoms with Crippen molar-refractivity contribution in [2.24, 2.45) is 4.99 Å². The average Bonchev–Trinajstić information content (AvgIpc) is 2.75. The van der Waals surface area contributed by atoms with E-state index in [0.29, 0.717) is 42.7 Å². The van der Waals surface area contributed by atoms with Crippen LogP contribution in [0.15, 0.2) is 53.5 Å². The van der Waals surface area contributed by atoms with E-state index in [1.807, 2.05) is 43.3 Å². The maximum atomic E-state index is 12.5. The smallest absolute Gasteiger partial charge is 0.254 e. The molecule has 1 heterocycles. The van der Waals surface area contributed by atoms with E-state index in [0.717, 1.165) is 17.7 Å². The summed E-state index contributed by atoms with van der Waals surface area (Å²) >= 11 is 6.03. The van der Waals surface area contributed by atoms with Gasteiger partial charge < -0.3 is 20.9 Å². The van der Waals surface area contributed by atoms with Gasteiger partial charge in [-0.25, -0.2) is 4.99 Å². The van der Waals surface area contributed by atoms with Crippen LogP contribution >= 0.6 is 35.6 Å². The molecule has 31 heavy (non-hydrogen) atoms. The van der Waals surface area contributed by atoms with E-state index < -0.39 is 0 Å². The molecule has 0 unspecified atom stereocenters. The van der Waals surface area contributed by atoms with E-state index in [-0.39, 0.29) is 42.3 Å². The Balaban J connectivity index is 0.00000341. The predicted molar refractivity (Wildman–Crippen MR) is 134 cm³/mol. The quantitative estimate of drug-likeness (QED) is 0.291. The summed E-state index contributed by atoms with van der Waals surface area (Å²) in [4.78, 5) is 30.2. The molecule has 0 spiro atoms. The van der Waals surface area contributed by atoms with E-state index >= 15 is 0 Å². The van der Waals surface area contributed by atoms with Crippen molar-refractivity contribution in [1.82, 2.24) is 20.9 Å². The first kappa shape index (κ1) is 24.9. The van der Waals surface area contributed by atoms with Gasteiger partial charge in [-0.05, 0) is 42.3 Å². The molecule has 3 rings (SSSR count). The number of piperazine rings is 1. The van der Waals surface area contributed by atoms with Crippen molar-refractivity contribution in [1.29, 1.82) is 0 Å². The van der Waals surface area contributed by atoms with Crippen LogP contribution in [0.3, 0.4) is 0 Å². The summed E-state index contributed by atoms with van der Waals surface area (Å²) in [5, 5.41) is 9.94. The number of hydrogen-bond donors (Lipinski definition) is 3. The van der Waals surface area contributed by atoms with Crippen molar-refractivity contribution in [3.63, 3.8) is 0 Å². The molecule has 1 aliphatic rings. The molecule has 1 aliphatic heterocycles. The Bertz CT molecular complexity index is 920. The largest absolute Gasteiger partial charge is 0.357 e. The Morgan fingerprint density at radius 2 is 1.94 bits per heavy atom. The summed E-state index contributed by atoms with van der Waals surface area (Å²) in [7, 11) is 0. The van der Waals surface area contributed by atoms with Gasteiger partial charge in [0.1, 0.15) is 0 Å². The summed E-state index contributed by atoms with van der Waals surface area (Å²) in [6.45, 7) is 4.99. The van der Waals surface area contributed by atoms with Crippen LogP contribution in [0.1, 0.15) is 28.4 Å². The lowest BCUT2D eigenvalue weighted by Gasteiger charge is -2.26. The minimum atomic E-state index is -0.124. The molecule has 0 bridgehead atoms. The molecule has 3 N–H and O–H groups in total. The first-order chi connectivity index (χ1) is 14.5. The van der Waals surface area contributed by atoms with Gasteiger partial charge in [-0.2, -0.15) is 0 Å². The number of hydrogen-bond acceptors (Lipinski definition) is 3. The molecule has 0 aliphatic carbocycles. The normalized spacial score (nSPS) is 13.8. The Morgan fingerprint density at radius 1 is 1.16 bits per heavy atom. The molecular formula is C22H27ClIN5O2. The molecule has 0 saturated carbocycles. The molecule has 1 fully saturated rings. The van der Waals surface area contributed by atoms with Crippen LogP contribution < -0.4 is 16.0 Å². The molecule has 2 aromatic carbocycles. The fourth-order valence-electron chi connectivity index (χ4n) is 3.09. The summed E-state index contributed by atoms with van der Waals surface area (Å²) in [6.07, 6.45) is 0. The summed E-state index contributed by atoms with van der Waals surface area (Å²) in [6, 6.07) is 15.0. The molecule has 0 aromatic heterocycles. The first-order valence-corrected chi connectivity index (χ1v) is 10.3. The van der Waals surface area contributed by atoms with Crippen LogP contribution in [0.25, 0.3) is 0 Å². The molecule has 0 radical (unpaired) electrons. The zero-order valence-electron chi connectivity index (χ0n) is 17.4. The van der Waals surface area contributed by atoms with Crippen LogP contribution in [0.2, 0.25) is 5.02 Å². The molecular weight excluding hydrogens is 529 g/mol. The molecule has 2 aromatic rings. The highest BCUT2D eigenvalue weighted by atomic mass is 127. The average molecular weight is 556 g/mol. The SMILES string of the molecule is CCNC(=NCc1cccc(Cl)c1)NCc1ccc(C(=O)N2CCNC(=O)C2)cc1.I. The maximum absolute atomic E-state index is 12.5. The Hall–Kier alpha value is -2.33. The van der Waals surface area contributed by atoms with Crippen LogP contribution in [0.5, 0.6) is 0 Å². The highest BCUT2D eigenvalue weighted by Crippen LogP contribution is 2.12. The van der Waals surface area contributed by atoms with Crippen LogP contribution in [0, 0.1) is 0 Å². The standard InChI is InChI=1S/C22H26ClN5O2.HI/c1-2-24-22(27-14-17-4-3-5-19(23)12-17)26-13-16-6-8-18(9-7-16)21(30)28-11-10-25-20(29)15-28;/h3-9,12H,2,10-11,13-15H2,1H3,(H,25,29)(H2,24,26,27);1H. The second-order valence-electron chi connectivity index (χ2n) is 6.95. The number of guanidine groups is 1. The minimum absolute atomic E-state index is 0. The number of halogens is 2. The molecule has 0 atom stereocenters. The van der Waals surface area contributed by atoms with Gasteiger partial charge in [-0.15, -0.1) is 24.0 Å². The summed E-state index contributed by atoms with van der Waals surface area (Å²) < 4.78 is 0. The Kier molecular flexibility index (Phi) is 10.1. The lowest BCUT2D eigenvalue weighted by atomic mass is 10.1. The first-order valence-electron chi connectivity index (χ1n) is 9.96. The van der Waals surface area contributed by atoms with Crippen LogP contribution in [-0.2, 0) is 17.9 Å². The number of nitrogens with zero attached hydrogens (tertiary/aromatic N) is 2. The summed E-state index contributed by atoms with van der Waals surface area (Å²) in [5.74, 6) is 0.459. The molecule has 7 nitrogen and oxygen atoms in total. The van der Waals surface area contributed by atoms with Gasteiger partial charge in [0.25, 0.3) is 5.91 Å². The van der Waals surface area contributed by atoms with Crippen LogP contribution in [-0.4, -0.2) is 48.9 Å². The van der Waals surface area contributed by atoms with Crippen molar-refractivity contribution < 1.29 is 9.59 Å². The lowest BCUT2D eigenvalue weighted by Crippen LogP contribution is -2.49. The Morgan fingerprint density at radius 3 is 2.61 bits per heavy atom. The fraction of sp³-hybridized carbons (Fsp3) is 0.318. The van der Waals surface area contributed by atoms with E-state index in [1.165, 1.54) is 0 Å². The van der Waals surface area contributed by atoms with Gasteiger partial charge >= 0.3 is 0 Å². The molecule has 1 saturated heterocycles. The van der Waals surface area contributed by atoms with Crippen LogP contribution in [0.4, 0.5) is 0 Å². The lowest BCUT2D eigenvalue weighted by molar-refractivity contribution is -0.123. The van der Waals surface area contributed by atoms with Crippen molar-refractivity contribution >= 4 is 53.4 Å². The van der Waals surface area contributed by atoms with Crippen molar-refractivity contribution in [2.75, 3.05) is 26.2 Å². The van der Waals surface area contributed by atoms with Gasteiger partial charge in [-0.3, -0.25) is 9.59 Å². The number of carbonyl (C=O) groups is 2. The fourth-order valence-corrected chi connectivity index (χ4v) is 3.31. The van der Waals surface area contributed by atoms with Crippen molar-refractivity contribution in [2.45, 2.75) is 20.0 Å². The third-order valence-electron chi connectivity index (χ3n) is 4.64. The monoisotopic (exact) mass is 555 g/mol. The topological polar surface area (TPSA) is 85.8 Å². The molecule has 9 heteroatoms. The van der Waals surface area contributed by atoms with E-state index in [4.69, 9.17) is 11.6 Å². The van der Waals surface area contributed by atoms with Crippen molar-refractivity contribution in [3.8, 4) is 0 Å². The zero-order chi connectivity index (χ0) is 21.3. The van der Waals surface area contributed by atoms with Gasteiger partial charge in [0, 0.05) is 36.8 Å². The molecule has 2 amide bonds. The second kappa shape index (κ2) is 12.5. The third kappa shape index (κ3) is 7.70. The van der Waals surface area contributed by atoms with Gasteiger partial charge in [0.2, 0.25) is 5.91 Å². The van der Waals surface area contributed by atoms with Crippen molar-refractivity contribution in [3.05, 3.63) is 70.2 Å². The minimum Gasteiger partial charge on any atom is -0.357 e. The second-order valence-corrected chi connectivity index (χ2v) is 7.39. The summed E-state index contributed by atoms with van der Waals surface area (Å²) in [5.41, 5.74) is 2.64. The van der Waals surface area contributed by atoms with Gasteiger partial charge in [0.15, 0.2) is 5.96 Å². The predicted octanol–water partition coefficient (Wildman–Crippen LogP) is 2.79. The third-order valence-corrected chi connectivity index (χ3v) is 4.87. The number of amides is 2. The molecule has 166 valence electrons. The number of benzene rings is 2. The van der Waals surface area contributed by atoms with E-state index in [2.05, 4.69) is 20.9 Å². The maximum Gasteiger partial charge on any atom is 0.254 e. The zero-order valence-corrected chi connectivity index (χ0v) is 20.4. The number of rotatable bonds is 6. The van der Waals surface area contributed by atoms with E-state index in [9.17, 15) is 9.59 Å². The number of carbonyl (C=O) groups excluding carboxylic acids is 2. The van der Waals surface area contributed by atoms with Gasteiger partial charge in [-0.1, -0.05) is 35.9 Å².